The molecule has 0 saturated carbocycles. The van der Waals surface area contributed by atoms with Crippen LogP contribution in [0, 0.1) is 6.92 Å². The molecule has 8 heteroatoms. The second-order valence-electron chi connectivity index (χ2n) is 7.42. The average Bonchev–Trinajstić information content (AvgIpc) is 3.35. The van der Waals surface area contributed by atoms with Crippen LogP contribution < -0.4 is 4.90 Å². The number of hydrogen-bond acceptors (Lipinski definition) is 6. The minimum absolute atomic E-state index is 0.249. The van der Waals surface area contributed by atoms with Gasteiger partial charge in [-0.05, 0) is 26.0 Å². The summed E-state index contributed by atoms with van der Waals surface area (Å²) in [6.07, 6.45) is 5.55. The third kappa shape index (κ3) is 3.05. The van der Waals surface area contributed by atoms with Crippen molar-refractivity contribution >= 4 is 16.9 Å². The van der Waals surface area contributed by atoms with E-state index in [2.05, 4.69) is 39.9 Å². The second kappa shape index (κ2) is 6.97. The molecule has 1 saturated heterocycles. The molecule has 0 radical (unpaired) electrons. The van der Waals surface area contributed by atoms with E-state index in [9.17, 15) is 0 Å². The fourth-order valence-corrected chi connectivity index (χ4v) is 3.81. The minimum Gasteiger partial charge on any atom is -0.377 e. The molecular formula is C21H23N7O. The van der Waals surface area contributed by atoms with Gasteiger partial charge in [-0.25, -0.2) is 15.0 Å². The molecule has 1 atom stereocenters. The summed E-state index contributed by atoms with van der Waals surface area (Å²) in [5, 5.41) is 5.41. The zero-order valence-electron chi connectivity index (χ0n) is 16.8. The number of H-pyrrole nitrogens is 1. The van der Waals surface area contributed by atoms with Gasteiger partial charge in [-0.15, -0.1) is 0 Å². The summed E-state index contributed by atoms with van der Waals surface area (Å²) >= 11 is 0. The highest BCUT2D eigenvalue weighted by molar-refractivity contribution is 5.91. The Morgan fingerprint density at radius 3 is 2.90 bits per heavy atom. The van der Waals surface area contributed by atoms with Crippen LogP contribution >= 0.6 is 0 Å². The van der Waals surface area contributed by atoms with Crippen LogP contribution in [0.5, 0.6) is 0 Å². The van der Waals surface area contributed by atoms with Gasteiger partial charge in [0.2, 0.25) is 0 Å². The molecule has 5 heterocycles. The van der Waals surface area contributed by atoms with E-state index in [4.69, 9.17) is 14.7 Å². The molecule has 0 unspecified atom stereocenters. The van der Waals surface area contributed by atoms with Gasteiger partial charge >= 0.3 is 0 Å². The van der Waals surface area contributed by atoms with E-state index in [0.717, 1.165) is 45.9 Å². The molecule has 1 N–H and O–H groups in total. The van der Waals surface area contributed by atoms with Crippen LogP contribution in [-0.2, 0) is 11.8 Å². The molecule has 8 nitrogen and oxygen atoms in total. The summed E-state index contributed by atoms with van der Waals surface area (Å²) in [6, 6.07) is 6.29. The van der Waals surface area contributed by atoms with E-state index in [1.165, 1.54) is 0 Å². The van der Waals surface area contributed by atoms with Crippen molar-refractivity contribution in [1.82, 2.24) is 29.7 Å². The Balaban J connectivity index is 1.72. The molecule has 4 aromatic heterocycles. The lowest BCUT2D eigenvalue weighted by molar-refractivity contribution is 0.0985. The van der Waals surface area contributed by atoms with Crippen LogP contribution in [-0.4, -0.2) is 55.5 Å². The molecule has 0 spiro atoms. The van der Waals surface area contributed by atoms with E-state index in [0.29, 0.717) is 19.0 Å². The monoisotopic (exact) mass is 389 g/mol. The normalized spacial score (nSPS) is 17.2. The molecular weight excluding hydrogens is 366 g/mol. The summed E-state index contributed by atoms with van der Waals surface area (Å²) in [5.41, 5.74) is 4.74. The number of ether oxygens (including phenoxy) is 1. The lowest BCUT2D eigenvalue weighted by Gasteiger charge is -2.34. The SMILES string of the molecule is Cc1c(-c2cc(N3CCOC[C@H]3C)nc(-c3ccnc4[nH]ccc34)n2)cnn1C. The number of aromatic nitrogens is 6. The van der Waals surface area contributed by atoms with Crippen molar-refractivity contribution in [2.75, 3.05) is 24.7 Å². The molecule has 0 bridgehead atoms. The number of aromatic amines is 1. The van der Waals surface area contributed by atoms with Gasteiger partial charge in [0, 0.05) is 54.3 Å². The molecule has 1 aliphatic rings. The van der Waals surface area contributed by atoms with Gasteiger partial charge in [-0.3, -0.25) is 4.68 Å². The highest BCUT2D eigenvalue weighted by Crippen LogP contribution is 2.31. The predicted molar refractivity (Wildman–Crippen MR) is 112 cm³/mol. The first-order chi connectivity index (χ1) is 14.1. The van der Waals surface area contributed by atoms with Crippen LogP contribution in [0.15, 0.2) is 36.8 Å². The number of aryl methyl sites for hydroxylation is 1. The van der Waals surface area contributed by atoms with Crippen molar-refractivity contribution in [3.63, 3.8) is 0 Å². The number of pyridine rings is 1. The Bertz CT molecular complexity index is 1180. The van der Waals surface area contributed by atoms with E-state index in [1.807, 2.05) is 36.3 Å². The van der Waals surface area contributed by atoms with Gasteiger partial charge in [0.05, 0.1) is 31.1 Å². The minimum atomic E-state index is 0.249. The van der Waals surface area contributed by atoms with Gasteiger partial charge in [-0.1, -0.05) is 0 Å². The fourth-order valence-electron chi connectivity index (χ4n) is 3.81. The quantitative estimate of drug-likeness (QED) is 0.580. The molecule has 0 aromatic carbocycles. The first-order valence-electron chi connectivity index (χ1n) is 9.76. The Morgan fingerprint density at radius 1 is 1.21 bits per heavy atom. The van der Waals surface area contributed by atoms with Crippen LogP contribution in [0.4, 0.5) is 5.82 Å². The number of nitrogens with zero attached hydrogens (tertiary/aromatic N) is 6. The summed E-state index contributed by atoms with van der Waals surface area (Å²) < 4.78 is 7.49. The third-order valence-corrected chi connectivity index (χ3v) is 5.59. The van der Waals surface area contributed by atoms with Crippen molar-refractivity contribution in [3.8, 4) is 22.6 Å². The maximum absolute atomic E-state index is 5.62. The smallest absolute Gasteiger partial charge is 0.162 e. The first-order valence-corrected chi connectivity index (χ1v) is 9.76. The molecule has 0 aliphatic carbocycles. The number of nitrogens with one attached hydrogen (secondary N) is 1. The third-order valence-electron chi connectivity index (χ3n) is 5.59. The van der Waals surface area contributed by atoms with Gasteiger partial charge in [0.15, 0.2) is 5.82 Å². The van der Waals surface area contributed by atoms with Gasteiger partial charge < -0.3 is 14.6 Å². The standard InChI is InChI=1S/C21H23N7O/c1-13-12-29-9-8-28(13)19-10-18(17-11-24-27(3)14(17)2)25-21(26-19)16-5-7-23-20-15(16)4-6-22-20/h4-7,10-11,13H,8-9,12H2,1-3H3,(H,22,23)/t13-/m1/s1. The number of anilines is 1. The topological polar surface area (TPSA) is 84.8 Å². The highest BCUT2D eigenvalue weighted by Gasteiger charge is 2.23. The van der Waals surface area contributed by atoms with Crippen molar-refractivity contribution < 1.29 is 4.74 Å². The fraction of sp³-hybridized carbons (Fsp3) is 0.333. The zero-order chi connectivity index (χ0) is 20.0. The van der Waals surface area contributed by atoms with Crippen LogP contribution in [0.25, 0.3) is 33.7 Å². The Kier molecular flexibility index (Phi) is 4.28. The zero-order valence-corrected chi connectivity index (χ0v) is 16.8. The maximum atomic E-state index is 5.62. The van der Waals surface area contributed by atoms with Crippen molar-refractivity contribution in [2.45, 2.75) is 19.9 Å². The van der Waals surface area contributed by atoms with Gasteiger partial charge in [-0.2, -0.15) is 5.10 Å². The Labute approximate surface area is 168 Å². The average molecular weight is 389 g/mol. The molecule has 1 fully saturated rings. The summed E-state index contributed by atoms with van der Waals surface area (Å²) in [4.78, 5) is 19.7. The molecule has 0 amide bonds. The Hall–Kier alpha value is -3.26. The largest absolute Gasteiger partial charge is 0.377 e. The van der Waals surface area contributed by atoms with Crippen molar-refractivity contribution in [2.24, 2.45) is 7.05 Å². The number of rotatable bonds is 3. The van der Waals surface area contributed by atoms with E-state index < -0.39 is 0 Å². The molecule has 29 heavy (non-hydrogen) atoms. The van der Waals surface area contributed by atoms with Gasteiger partial charge in [0.25, 0.3) is 0 Å². The van der Waals surface area contributed by atoms with Crippen LogP contribution in [0.1, 0.15) is 12.6 Å². The number of morpholine rings is 1. The molecule has 1 aliphatic heterocycles. The predicted octanol–water partition coefficient (Wildman–Crippen LogP) is 2.95. The molecule has 4 aromatic rings. The molecule has 5 rings (SSSR count). The lowest BCUT2D eigenvalue weighted by Crippen LogP contribution is -2.44. The van der Waals surface area contributed by atoms with Crippen LogP contribution in [0.2, 0.25) is 0 Å². The van der Waals surface area contributed by atoms with E-state index in [-0.39, 0.29) is 6.04 Å². The summed E-state index contributed by atoms with van der Waals surface area (Å²) in [6.45, 7) is 6.41. The highest BCUT2D eigenvalue weighted by atomic mass is 16.5. The summed E-state index contributed by atoms with van der Waals surface area (Å²) in [7, 11) is 1.94. The first kappa shape index (κ1) is 17.8. The van der Waals surface area contributed by atoms with Crippen molar-refractivity contribution in [3.05, 3.63) is 42.5 Å². The van der Waals surface area contributed by atoms with E-state index >= 15 is 0 Å². The van der Waals surface area contributed by atoms with Gasteiger partial charge in [0.1, 0.15) is 11.5 Å². The number of hydrogen-bond donors (Lipinski definition) is 1. The second-order valence-corrected chi connectivity index (χ2v) is 7.42. The maximum Gasteiger partial charge on any atom is 0.162 e. The lowest BCUT2D eigenvalue weighted by atomic mass is 10.1. The van der Waals surface area contributed by atoms with Crippen LogP contribution in [0.3, 0.4) is 0 Å². The summed E-state index contributed by atoms with van der Waals surface area (Å²) in [5.74, 6) is 1.59. The van der Waals surface area contributed by atoms with Crippen molar-refractivity contribution in [1.29, 1.82) is 0 Å². The molecule has 148 valence electrons. The van der Waals surface area contributed by atoms with E-state index in [1.54, 1.807) is 6.20 Å². The number of fused-ring (bicyclic) bond motifs is 1. The Morgan fingerprint density at radius 2 is 2.10 bits per heavy atom.